The normalized spacial score (nSPS) is 26.9. The highest BCUT2D eigenvalue weighted by Gasteiger charge is 2.41. The highest BCUT2D eigenvalue weighted by Crippen LogP contribution is 2.39. The predicted octanol–water partition coefficient (Wildman–Crippen LogP) is 4.07. The molecule has 2 N–H and O–H groups in total. The molecule has 20 heavy (non-hydrogen) atoms. The summed E-state index contributed by atoms with van der Waals surface area (Å²) in [5.74, 6) is 0.721. The van der Waals surface area contributed by atoms with Crippen LogP contribution in [-0.2, 0) is 6.54 Å². The van der Waals surface area contributed by atoms with E-state index < -0.39 is 0 Å². The molecule has 112 valence electrons. The minimum atomic E-state index is 0.173. The zero-order chi connectivity index (χ0) is 14.6. The second kappa shape index (κ2) is 6.93. The summed E-state index contributed by atoms with van der Waals surface area (Å²) in [5, 5.41) is 0.800. The molecule has 0 radical (unpaired) electrons. The van der Waals surface area contributed by atoms with Crippen molar-refractivity contribution < 1.29 is 0 Å². The van der Waals surface area contributed by atoms with Gasteiger partial charge in [0.2, 0.25) is 0 Å². The van der Waals surface area contributed by atoms with Gasteiger partial charge in [-0.2, -0.15) is 0 Å². The Morgan fingerprint density at radius 3 is 2.60 bits per heavy atom. The van der Waals surface area contributed by atoms with Gasteiger partial charge in [0.15, 0.2) is 0 Å². The molecule has 0 aromatic heterocycles. The molecule has 2 atom stereocenters. The number of rotatable bonds is 5. The first-order chi connectivity index (χ1) is 9.62. The second-order valence-corrected chi connectivity index (χ2v) is 6.58. The second-order valence-electron chi connectivity index (χ2n) is 6.14. The maximum Gasteiger partial charge on any atom is 0.0406 e. The minimum absolute atomic E-state index is 0.173. The Labute approximate surface area is 128 Å². The van der Waals surface area contributed by atoms with Crippen molar-refractivity contribution in [3.63, 3.8) is 0 Å². The molecule has 1 aliphatic rings. The number of halogens is 1. The average Bonchev–Trinajstić information content (AvgIpc) is 2.49. The van der Waals surface area contributed by atoms with Crippen molar-refractivity contribution in [2.24, 2.45) is 11.7 Å². The van der Waals surface area contributed by atoms with Gasteiger partial charge in [0.1, 0.15) is 0 Å². The summed E-state index contributed by atoms with van der Waals surface area (Å²) in [4.78, 5) is 2.49. The van der Waals surface area contributed by atoms with Gasteiger partial charge in [0.25, 0.3) is 0 Å². The molecular weight excluding hydrogens is 268 g/mol. The Morgan fingerprint density at radius 2 is 2.00 bits per heavy atom. The van der Waals surface area contributed by atoms with Crippen molar-refractivity contribution in [3.8, 4) is 0 Å². The van der Waals surface area contributed by atoms with Gasteiger partial charge in [-0.05, 0) is 43.5 Å². The number of likely N-dealkylation sites (N-methyl/N-ethyl adjacent to an activating group) is 1. The maximum atomic E-state index is 6.22. The van der Waals surface area contributed by atoms with Crippen LogP contribution < -0.4 is 5.73 Å². The van der Waals surface area contributed by atoms with Crippen LogP contribution in [0.15, 0.2) is 24.3 Å². The molecule has 2 rings (SSSR count). The number of benzene rings is 1. The van der Waals surface area contributed by atoms with Crippen molar-refractivity contribution >= 4 is 11.6 Å². The van der Waals surface area contributed by atoms with Crippen LogP contribution in [0.3, 0.4) is 0 Å². The molecule has 0 saturated heterocycles. The largest absolute Gasteiger partial charge is 0.329 e. The zero-order valence-electron chi connectivity index (χ0n) is 12.7. The molecular formula is C17H27ClN2. The Balaban J connectivity index is 2.15. The first-order valence-electron chi connectivity index (χ1n) is 7.78. The van der Waals surface area contributed by atoms with Gasteiger partial charge in [0, 0.05) is 23.7 Å². The van der Waals surface area contributed by atoms with Crippen LogP contribution in [0, 0.1) is 5.92 Å². The van der Waals surface area contributed by atoms with E-state index in [-0.39, 0.29) is 5.54 Å². The van der Waals surface area contributed by atoms with E-state index in [2.05, 4.69) is 31.0 Å². The van der Waals surface area contributed by atoms with Crippen molar-refractivity contribution in [1.82, 2.24) is 4.90 Å². The molecule has 1 aromatic carbocycles. The van der Waals surface area contributed by atoms with Gasteiger partial charge in [-0.3, -0.25) is 4.90 Å². The van der Waals surface area contributed by atoms with Crippen LogP contribution >= 0.6 is 11.6 Å². The van der Waals surface area contributed by atoms with Gasteiger partial charge in [-0.1, -0.05) is 49.9 Å². The summed E-state index contributed by atoms with van der Waals surface area (Å²) in [6, 6.07) is 8.18. The van der Waals surface area contributed by atoms with Gasteiger partial charge in [-0.25, -0.2) is 0 Å². The van der Waals surface area contributed by atoms with E-state index in [1.54, 1.807) is 0 Å². The molecule has 0 aliphatic heterocycles. The lowest BCUT2D eigenvalue weighted by molar-refractivity contribution is 0.0177. The molecule has 0 amide bonds. The Hall–Kier alpha value is -0.570. The van der Waals surface area contributed by atoms with E-state index in [1.807, 2.05) is 12.1 Å². The van der Waals surface area contributed by atoms with Crippen molar-refractivity contribution in [3.05, 3.63) is 34.9 Å². The van der Waals surface area contributed by atoms with Gasteiger partial charge < -0.3 is 5.73 Å². The minimum Gasteiger partial charge on any atom is -0.329 e. The summed E-state index contributed by atoms with van der Waals surface area (Å²) in [5.41, 5.74) is 7.70. The zero-order valence-corrected chi connectivity index (χ0v) is 13.5. The van der Waals surface area contributed by atoms with E-state index in [0.29, 0.717) is 0 Å². The Kier molecular flexibility index (Phi) is 5.48. The highest BCUT2D eigenvalue weighted by molar-refractivity contribution is 6.30. The molecule has 2 nitrogen and oxygen atoms in total. The molecule has 1 saturated carbocycles. The van der Waals surface area contributed by atoms with E-state index in [9.17, 15) is 0 Å². The summed E-state index contributed by atoms with van der Waals surface area (Å²) < 4.78 is 0. The van der Waals surface area contributed by atoms with Gasteiger partial charge in [0.05, 0.1) is 0 Å². The lowest BCUT2D eigenvalue weighted by Crippen LogP contribution is -2.58. The van der Waals surface area contributed by atoms with Crippen molar-refractivity contribution in [2.45, 2.75) is 51.1 Å². The first kappa shape index (κ1) is 15.8. The van der Waals surface area contributed by atoms with Crippen molar-refractivity contribution in [2.75, 3.05) is 13.6 Å². The quantitative estimate of drug-likeness (QED) is 0.887. The predicted molar refractivity (Wildman–Crippen MR) is 87.0 cm³/mol. The molecule has 1 aliphatic carbocycles. The third kappa shape index (κ3) is 3.19. The smallest absolute Gasteiger partial charge is 0.0406 e. The Morgan fingerprint density at radius 1 is 1.30 bits per heavy atom. The summed E-state index contributed by atoms with van der Waals surface area (Å²) in [6.07, 6.45) is 6.43. The first-order valence-corrected chi connectivity index (χ1v) is 8.16. The van der Waals surface area contributed by atoms with Crippen LogP contribution in [0.4, 0.5) is 0 Å². The van der Waals surface area contributed by atoms with Crippen LogP contribution in [0.5, 0.6) is 0 Å². The summed E-state index contributed by atoms with van der Waals surface area (Å²) in [6.45, 7) is 4.01. The molecule has 1 fully saturated rings. The topological polar surface area (TPSA) is 29.3 Å². The van der Waals surface area contributed by atoms with Crippen LogP contribution in [-0.4, -0.2) is 24.0 Å². The Bertz CT molecular complexity index is 418. The van der Waals surface area contributed by atoms with E-state index in [4.69, 9.17) is 17.3 Å². The van der Waals surface area contributed by atoms with Crippen molar-refractivity contribution in [1.29, 1.82) is 0 Å². The van der Waals surface area contributed by atoms with Crippen LogP contribution in [0.25, 0.3) is 0 Å². The summed E-state index contributed by atoms with van der Waals surface area (Å²) in [7, 11) is 2.23. The number of nitrogens with two attached hydrogens (primary N) is 1. The third-order valence-corrected chi connectivity index (χ3v) is 5.36. The maximum absolute atomic E-state index is 6.22. The van der Waals surface area contributed by atoms with Gasteiger partial charge in [-0.15, -0.1) is 0 Å². The molecule has 0 bridgehead atoms. The highest BCUT2D eigenvalue weighted by atomic mass is 35.5. The fraction of sp³-hybridized carbons (Fsp3) is 0.647. The average molecular weight is 295 g/mol. The van der Waals surface area contributed by atoms with E-state index in [0.717, 1.165) is 24.0 Å². The van der Waals surface area contributed by atoms with Crippen LogP contribution in [0.2, 0.25) is 5.02 Å². The SMILES string of the molecule is CCC1CCCCC1(CN)N(C)Cc1ccc(Cl)cc1. The summed E-state index contributed by atoms with van der Waals surface area (Å²) >= 11 is 5.96. The molecule has 2 unspecified atom stereocenters. The number of hydrogen-bond acceptors (Lipinski definition) is 2. The van der Waals surface area contributed by atoms with Crippen LogP contribution in [0.1, 0.15) is 44.6 Å². The third-order valence-electron chi connectivity index (χ3n) is 5.11. The fourth-order valence-electron chi connectivity index (χ4n) is 3.83. The number of nitrogens with zero attached hydrogens (tertiary/aromatic N) is 1. The lowest BCUT2D eigenvalue weighted by atomic mass is 9.70. The molecule has 3 heteroatoms. The molecule has 1 aromatic rings. The molecule has 0 heterocycles. The fourth-order valence-corrected chi connectivity index (χ4v) is 3.95. The van der Waals surface area contributed by atoms with E-state index >= 15 is 0 Å². The monoisotopic (exact) mass is 294 g/mol. The van der Waals surface area contributed by atoms with E-state index in [1.165, 1.54) is 37.7 Å². The lowest BCUT2D eigenvalue weighted by Gasteiger charge is -2.49. The number of hydrogen-bond donors (Lipinski definition) is 1. The van der Waals surface area contributed by atoms with Gasteiger partial charge >= 0.3 is 0 Å². The molecule has 0 spiro atoms. The standard InChI is InChI=1S/C17H27ClN2/c1-3-15-6-4-5-11-17(15,13-19)20(2)12-14-7-9-16(18)10-8-14/h7-10,15H,3-6,11-13,19H2,1-2H3.